The number of carbonyl (C=O) groups excluding carboxylic acids is 1. The molecule has 5 rings (SSSR count). The van der Waals surface area contributed by atoms with Crippen LogP contribution in [0.1, 0.15) is 54.2 Å². The van der Waals surface area contributed by atoms with Gasteiger partial charge in [-0.05, 0) is 30.4 Å². The van der Waals surface area contributed by atoms with Gasteiger partial charge in [0.2, 0.25) is 0 Å². The molecule has 1 aliphatic heterocycles. The number of hydrogen-bond donors (Lipinski definition) is 2. The number of hydrogen-bond acceptors (Lipinski definition) is 3. The van der Waals surface area contributed by atoms with E-state index in [-0.39, 0.29) is 17.0 Å². The number of fused-ring (bicyclic) bond motifs is 2. The summed E-state index contributed by atoms with van der Waals surface area (Å²) in [6, 6.07) is 9.71. The molecule has 3 heterocycles. The summed E-state index contributed by atoms with van der Waals surface area (Å²) in [5, 5.41) is 2.94. The van der Waals surface area contributed by atoms with E-state index in [1.54, 1.807) is 6.07 Å². The number of aromatic amines is 1. The molecule has 0 unspecified atom stereocenters. The maximum absolute atomic E-state index is 14.6. The van der Waals surface area contributed by atoms with Crippen molar-refractivity contribution in [2.45, 2.75) is 38.0 Å². The first-order valence-electron chi connectivity index (χ1n) is 9.62. The average Bonchev–Trinajstić information content (AvgIpc) is 3.33. The van der Waals surface area contributed by atoms with Crippen molar-refractivity contribution in [3.8, 4) is 22.8 Å². The van der Waals surface area contributed by atoms with Crippen LogP contribution in [0, 0.1) is 5.82 Å². The minimum absolute atomic E-state index is 0.0134. The number of halogens is 1. The summed E-state index contributed by atoms with van der Waals surface area (Å²) in [7, 11) is 0. The normalized spacial score (nSPS) is 16.9. The molecule has 0 bridgehead atoms. The number of amides is 1. The Labute approximate surface area is 162 Å². The van der Waals surface area contributed by atoms with Gasteiger partial charge in [-0.1, -0.05) is 38.1 Å². The van der Waals surface area contributed by atoms with Crippen LogP contribution in [0.2, 0.25) is 0 Å². The molecule has 5 nitrogen and oxygen atoms in total. The van der Waals surface area contributed by atoms with Crippen molar-refractivity contribution in [3.05, 3.63) is 59.2 Å². The second-order valence-corrected chi connectivity index (χ2v) is 8.10. The molecule has 3 aromatic rings. The average molecular weight is 376 g/mol. The third kappa shape index (κ3) is 2.63. The van der Waals surface area contributed by atoms with E-state index in [1.807, 2.05) is 24.3 Å². The Hall–Kier alpha value is -3.02. The number of nitrogens with zero attached hydrogens (tertiary/aromatic N) is 2. The van der Waals surface area contributed by atoms with Crippen molar-refractivity contribution >= 4 is 5.91 Å². The molecule has 1 aliphatic carbocycles. The number of benzene rings is 1. The number of nitrogens with one attached hydrogen (secondary N) is 2. The Kier molecular flexibility index (Phi) is 3.66. The predicted octanol–water partition coefficient (Wildman–Crippen LogP) is 4.18. The van der Waals surface area contributed by atoms with E-state index in [0.29, 0.717) is 29.5 Å². The van der Waals surface area contributed by atoms with E-state index < -0.39 is 5.82 Å². The van der Waals surface area contributed by atoms with E-state index in [4.69, 9.17) is 0 Å². The van der Waals surface area contributed by atoms with Gasteiger partial charge in [-0.2, -0.15) is 0 Å². The Balaban J connectivity index is 1.56. The minimum Gasteiger partial charge on any atom is -0.356 e. The van der Waals surface area contributed by atoms with E-state index in [1.165, 1.54) is 11.8 Å². The van der Waals surface area contributed by atoms with Gasteiger partial charge in [-0.3, -0.25) is 4.79 Å². The van der Waals surface area contributed by atoms with Crippen LogP contribution in [-0.4, -0.2) is 27.4 Å². The summed E-state index contributed by atoms with van der Waals surface area (Å²) in [4.78, 5) is 24.2. The summed E-state index contributed by atoms with van der Waals surface area (Å²) >= 11 is 0. The smallest absolute Gasteiger partial charge is 0.253 e. The molecular weight excluding hydrogens is 355 g/mol. The molecule has 0 atom stereocenters. The van der Waals surface area contributed by atoms with Crippen LogP contribution in [0.15, 0.2) is 36.5 Å². The van der Waals surface area contributed by atoms with Gasteiger partial charge in [0.25, 0.3) is 5.91 Å². The highest BCUT2D eigenvalue weighted by atomic mass is 19.1. The molecule has 1 aromatic carbocycles. The highest BCUT2D eigenvalue weighted by molar-refractivity contribution is 5.98. The second-order valence-electron chi connectivity index (χ2n) is 8.10. The fourth-order valence-corrected chi connectivity index (χ4v) is 3.90. The largest absolute Gasteiger partial charge is 0.356 e. The van der Waals surface area contributed by atoms with E-state index in [9.17, 15) is 9.18 Å². The van der Waals surface area contributed by atoms with Crippen molar-refractivity contribution in [2.75, 3.05) is 6.54 Å². The summed E-state index contributed by atoms with van der Waals surface area (Å²) in [6.45, 7) is 4.91. The van der Waals surface area contributed by atoms with Gasteiger partial charge in [0.15, 0.2) is 11.6 Å². The van der Waals surface area contributed by atoms with Crippen LogP contribution in [-0.2, 0) is 5.41 Å². The Bertz CT molecular complexity index is 1080. The van der Waals surface area contributed by atoms with Crippen LogP contribution in [0.3, 0.4) is 0 Å². The van der Waals surface area contributed by atoms with Gasteiger partial charge in [0.1, 0.15) is 5.69 Å². The molecule has 1 spiro atoms. The second kappa shape index (κ2) is 5.99. The fourth-order valence-electron chi connectivity index (χ4n) is 3.90. The molecule has 0 radical (unpaired) electrons. The van der Waals surface area contributed by atoms with Crippen molar-refractivity contribution in [3.63, 3.8) is 0 Å². The minimum atomic E-state index is -0.508. The zero-order valence-corrected chi connectivity index (χ0v) is 15.8. The molecule has 142 valence electrons. The van der Waals surface area contributed by atoms with Crippen molar-refractivity contribution in [1.29, 1.82) is 0 Å². The van der Waals surface area contributed by atoms with Crippen molar-refractivity contribution in [1.82, 2.24) is 20.3 Å². The lowest BCUT2D eigenvalue weighted by Crippen LogP contribution is -2.38. The van der Waals surface area contributed by atoms with Crippen LogP contribution in [0.25, 0.3) is 22.8 Å². The van der Waals surface area contributed by atoms with E-state index >= 15 is 0 Å². The van der Waals surface area contributed by atoms with Crippen LogP contribution >= 0.6 is 0 Å². The van der Waals surface area contributed by atoms with Crippen LogP contribution in [0.4, 0.5) is 4.39 Å². The SMILES string of the molecule is CC(C)c1ccc(-c2ncc(F)c(-c3cc4c([nH]3)C3(CC3)CNC4=O)n2)cc1. The van der Waals surface area contributed by atoms with Crippen LogP contribution < -0.4 is 5.32 Å². The summed E-state index contributed by atoms with van der Waals surface area (Å²) in [6.07, 6.45) is 3.25. The first-order chi connectivity index (χ1) is 13.5. The monoisotopic (exact) mass is 376 g/mol. The van der Waals surface area contributed by atoms with Crippen molar-refractivity contribution in [2.24, 2.45) is 0 Å². The Morgan fingerprint density at radius 2 is 1.93 bits per heavy atom. The maximum atomic E-state index is 14.6. The van der Waals surface area contributed by atoms with Gasteiger partial charge in [-0.25, -0.2) is 14.4 Å². The number of aromatic nitrogens is 3. The molecule has 1 fully saturated rings. The fraction of sp³-hybridized carbons (Fsp3) is 0.318. The van der Waals surface area contributed by atoms with E-state index in [2.05, 4.69) is 34.1 Å². The molecule has 28 heavy (non-hydrogen) atoms. The first-order valence-corrected chi connectivity index (χ1v) is 9.62. The van der Waals surface area contributed by atoms with Gasteiger partial charge in [0.05, 0.1) is 17.5 Å². The zero-order chi connectivity index (χ0) is 19.5. The molecule has 0 saturated heterocycles. The zero-order valence-electron chi connectivity index (χ0n) is 15.8. The van der Waals surface area contributed by atoms with E-state index in [0.717, 1.165) is 24.1 Å². The summed E-state index contributed by atoms with van der Waals surface area (Å²) < 4.78 is 14.6. The Morgan fingerprint density at radius 1 is 1.18 bits per heavy atom. The third-order valence-corrected chi connectivity index (χ3v) is 5.87. The molecule has 1 amide bonds. The van der Waals surface area contributed by atoms with Gasteiger partial charge < -0.3 is 10.3 Å². The molecule has 2 aromatic heterocycles. The quantitative estimate of drug-likeness (QED) is 0.720. The highest BCUT2D eigenvalue weighted by Gasteiger charge is 2.50. The maximum Gasteiger partial charge on any atom is 0.253 e. The number of H-pyrrole nitrogens is 1. The molecular formula is C22H21FN4O. The van der Waals surface area contributed by atoms with Crippen LogP contribution in [0.5, 0.6) is 0 Å². The summed E-state index contributed by atoms with van der Waals surface area (Å²) in [5.74, 6) is 0.273. The molecule has 6 heteroatoms. The van der Waals surface area contributed by atoms with Gasteiger partial charge >= 0.3 is 0 Å². The highest BCUT2D eigenvalue weighted by Crippen LogP contribution is 2.50. The number of rotatable bonds is 3. The molecule has 2 N–H and O–H groups in total. The lowest BCUT2D eigenvalue weighted by atomic mass is 9.95. The first kappa shape index (κ1) is 17.1. The predicted molar refractivity (Wildman–Crippen MR) is 105 cm³/mol. The van der Waals surface area contributed by atoms with Gasteiger partial charge in [0, 0.05) is 23.2 Å². The topological polar surface area (TPSA) is 70.7 Å². The summed E-state index contributed by atoms with van der Waals surface area (Å²) in [5.41, 5.74) is 4.26. The van der Waals surface area contributed by atoms with Crippen molar-refractivity contribution < 1.29 is 9.18 Å². The molecule has 2 aliphatic rings. The lowest BCUT2D eigenvalue weighted by Gasteiger charge is -2.21. The number of carbonyl (C=O) groups is 1. The lowest BCUT2D eigenvalue weighted by molar-refractivity contribution is 0.0937. The third-order valence-electron chi connectivity index (χ3n) is 5.87. The standard InChI is InChI=1S/C22H21FN4O/c1-12(2)13-3-5-14(6-4-13)20-24-10-16(23)18(27-20)17-9-15-19(26-17)22(7-8-22)11-25-21(15)28/h3-6,9-10,12,26H,7-8,11H2,1-2H3,(H,25,28). The van der Waals surface area contributed by atoms with Gasteiger partial charge in [-0.15, -0.1) is 0 Å². The molecule has 1 saturated carbocycles. The Morgan fingerprint density at radius 3 is 2.61 bits per heavy atom.